The summed E-state index contributed by atoms with van der Waals surface area (Å²) >= 11 is 6.31. The molecule has 0 saturated heterocycles. The number of halogens is 1. The largest absolute Gasteiger partial charge is 0.347 e. The van der Waals surface area contributed by atoms with E-state index in [1.807, 2.05) is 30.3 Å². The highest BCUT2D eigenvalue weighted by Gasteiger charge is 2.38. The number of allylic oxidation sites excluding steroid dienone is 3. The summed E-state index contributed by atoms with van der Waals surface area (Å²) in [6.07, 6.45) is 6.53. The van der Waals surface area contributed by atoms with E-state index in [0.717, 1.165) is 46.3 Å². The average Bonchev–Trinajstić information content (AvgIpc) is 3.19. The maximum atomic E-state index is 6.31. The molecule has 5 rings (SSSR count). The molecular formula is C27H29ClN5+. The lowest BCUT2D eigenvalue weighted by Crippen LogP contribution is -2.35. The molecule has 168 valence electrons. The van der Waals surface area contributed by atoms with E-state index in [1.165, 1.54) is 16.9 Å². The molecule has 0 spiro atoms. The highest BCUT2D eigenvalue weighted by molar-refractivity contribution is 6.30. The maximum Gasteiger partial charge on any atom is 0.323 e. The van der Waals surface area contributed by atoms with Gasteiger partial charge < -0.3 is 4.90 Å². The number of para-hydroxylation sites is 2. The number of aryl methyl sites for hydroxylation is 2. The van der Waals surface area contributed by atoms with Crippen molar-refractivity contribution in [3.8, 4) is 0 Å². The third kappa shape index (κ3) is 3.34. The summed E-state index contributed by atoms with van der Waals surface area (Å²) in [6.45, 7) is 10.4. The molecular weight excluding hydrogens is 430 g/mol. The van der Waals surface area contributed by atoms with Crippen LogP contribution in [0.2, 0.25) is 5.02 Å². The number of likely N-dealkylation sites (N-methyl/N-ethyl adjacent to an activating group) is 1. The van der Waals surface area contributed by atoms with Crippen molar-refractivity contribution in [2.24, 2.45) is 0 Å². The lowest BCUT2D eigenvalue weighted by atomic mass is 9.84. The van der Waals surface area contributed by atoms with Crippen LogP contribution in [-0.2, 0) is 18.5 Å². The van der Waals surface area contributed by atoms with Gasteiger partial charge in [0.1, 0.15) is 5.52 Å². The smallest absolute Gasteiger partial charge is 0.323 e. The molecule has 0 N–H and O–H groups in total. The lowest BCUT2D eigenvalue weighted by molar-refractivity contribution is -0.672. The molecule has 33 heavy (non-hydrogen) atoms. The van der Waals surface area contributed by atoms with E-state index in [2.05, 4.69) is 79.1 Å². The summed E-state index contributed by atoms with van der Waals surface area (Å²) in [5.41, 5.74) is 7.25. The monoisotopic (exact) mass is 458 g/mol. The number of fused-ring (bicyclic) bond motifs is 3. The Bertz CT molecular complexity index is 1380. The number of benzene rings is 2. The summed E-state index contributed by atoms with van der Waals surface area (Å²) in [6, 6.07) is 14.2. The molecule has 0 unspecified atom stereocenters. The van der Waals surface area contributed by atoms with Gasteiger partial charge in [-0.15, -0.1) is 0 Å². The van der Waals surface area contributed by atoms with E-state index in [4.69, 9.17) is 21.6 Å². The first-order valence-corrected chi connectivity index (χ1v) is 11.9. The van der Waals surface area contributed by atoms with Crippen LogP contribution >= 0.6 is 11.6 Å². The lowest BCUT2D eigenvalue weighted by Gasteiger charge is -2.23. The minimum atomic E-state index is -0.127. The van der Waals surface area contributed by atoms with Crippen LogP contribution in [0.3, 0.4) is 0 Å². The second-order valence-electron chi connectivity index (χ2n) is 8.96. The van der Waals surface area contributed by atoms with E-state index in [1.54, 1.807) is 0 Å². The van der Waals surface area contributed by atoms with Crippen LogP contribution in [0.4, 0.5) is 5.69 Å². The Morgan fingerprint density at radius 2 is 1.79 bits per heavy atom. The van der Waals surface area contributed by atoms with E-state index in [9.17, 15) is 0 Å². The van der Waals surface area contributed by atoms with Gasteiger partial charge in [0.15, 0.2) is 5.52 Å². The standard InChI is InChI=1S/C27H29ClN5/c1-6-32-24(33(7-2)26-25(32)29-20-11-8-9-12-21(20)30-26)14-10-13-23-27(3,4)19-17-18(28)15-16-22(19)31(23)5/h8-17H,6-7H2,1-5H3/q+1. The molecule has 0 fully saturated rings. The fraction of sp³-hybridized carbons (Fsp3) is 0.296. The number of aromatic nitrogens is 4. The summed E-state index contributed by atoms with van der Waals surface area (Å²) in [5, 5.41) is 0.774. The van der Waals surface area contributed by atoms with Gasteiger partial charge in [0.2, 0.25) is 5.82 Å². The highest BCUT2D eigenvalue weighted by Crippen LogP contribution is 2.47. The molecule has 2 aromatic heterocycles. The first-order valence-electron chi connectivity index (χ1n) is 11.5. The minimum absolute atomic E-state index is 0.127. The fourth-order valence-corrected chi connectivity index (χ4v) is 5.22. The van der Waals surface area contributed by atoms with Crippen molar-refractivity contribution < 1.29 is 4.57 Å². The van der Waals surface area contributed by atoms with Crippen LogP contribution in [0.1, 0.15) is 39.1 Å². The number of imidazole rings is 1. The van der Waals surface area contributed by atoms with Gasteiger partial charge in [0.05, 0.1) is 13.1 Å². The van der Waals surface area contributed by atoms with E-state index in [-0.39, 0.29) is 5.41 Å². The summed E-state index contributed by atoms with van der Waals surface area (Å²) in [4.78, 5) is 12.1. The Balaban J connectivity index is 1.61. The van der Waals surface area contributed by atoms with Gasteiger partial charge in [-0.1, -0.05) is 48.6 Å². The molecule has 0 atom stereocenters. The predicted octanol–water partition coefficient (Wildman–Crippen LogP) is 5.89. The van der Waals surface area contributed by atoms with Crippen LogP contribution in [0.15, 0.2) is 60.3 Å². The molecule has 2 aromatic carbocycles. The summed E-state index contributed by atoms with van der Waals surface area (Å²) in [5.74, 6) is 1.10. The summed E-state index contributed by atoms with van der Waals surface area (Å²) in [7, 11) is 2.12. The zero-order valence-corrected chi connectivity index (χ0v) is 20.6. The van der Waals surface area contributed by atoms with E-state index < -0.39 is 0 Å². The van der Waals surface area contributed by atoms with Crippen molar-refractivity contribution in [3.63, 3.8) is 0 Å². The molecule has 4 aromatic rings. The van der Waals surface area contributed by atoms with Crippen molar-refractivity contribution in [3.05, 3.63) is 76.7 Å². The van der Waals surface area contributed by atoms with Gasteiger partial charge >= 0.3 is 5.65 Å². The molecule has 5 nitrogen and oxygen atoms in total. The third-order valence-corrected chi connectivity index (χ3v) is 6.96. The van der Waals surface area contributed by atoms with Gasteiger partial charge in [-0.25, -0.2) is 14.1 Å². The summed E-state index contributed by atoms with van der Waals surface area (Å²) < 4.78 is 4.48. The van der Waals surface area contributed by atoms with Crippen molar-refractivity contribution >= 4 is 45.7 Å². The van der Waals surface area contributed by atoms with Gasteiger partial charge in [-0.05, 0) is 55.8 Å². The van der Waals surface area contributed by atoms with Crippen molar-refractivity contribution in [1.82, 2.24) is 14.5 Å². The zero-order chi connectivity index (χ0) is 23.3. The molecule has 0 amide bonds. The van der Waals surface area contributed by atoms with Crippen molar-refractivity contribution in [2.45, 2.75) is 46.2 Å². The van der Waals surface area contributed by atoms with Crippen LogP contribution in [-0.4, -0.2) is 21.6 Å². The fourth-order valence-electron chi connectivity index (χ4n) is 5.04. The van der Waals surface area contributed by atoms with Crippen molar-refractivity contribution in [1.29, 1.82) is 0 Å². The van der Waals surface area contributed by atoms with Crippen LogP contribution in [0.5, 0.6) is 0 Å². The maximum absolute atomic E-state index is 6.31. The third-order valence-electron chi connectivity index (χ3n) is 6.73. The minimum Gasteiger partial charge on any atom is -0.347 e. The number of hydrogen-bond acceptors (Lipinski definition) is 3. The average molecular weight is 459 g/mol. The van der Waals surface area contributed by atoms with Gasteiger partial charge in [-0.2, -0.15) is 0 Å². The zero-order valence-electron chi connectivity index (χ0n) is 19.8. The quantitative estimate of drug-likeness (QED) is 0.358. The van der Waals surface area contributed by atoms with Crippen LogP contribution in [0, 0.1) is 0 Å². The van der Waals surface area contributed by atoms with Gasteiger partial charge in [0.25, 0.3) is 5.65 Å². The molecule has 1 aliphatic rings. The topological polar surface area (TPSA) is 37.8 Å². The number of hydrogen-bond donors (Lipinski definition) is 0. The predicted molar refractivity (Wildman–Crippen MR) is 137 cm³/mol. The second-order valence-corrected chi connectivity index (χ2v) is 9.40. The Morgan fingerprint density at radius 3 is 2.48 bits per heavy atom. The van der Waals surface area contributed by atoms with Crippen LogP contribution in [0.25, 0.3) is 28.4 Å². The Morgan fingerprint density at radius 1 is 1.06 bits per heavy atom. The molecule has 6 heteroatoms. The Hall–Kier alpha value is -3.18. The first-order chi connectivity index (χ1) is 15.9. The second kappa shape index (κ2) is 7.99. The number of nitrogens with zero attached hydrogens (tertiary/aromatic N) is 5. The SMILES string of the molecule is CCn1c(C=CC=C2N(C)c3ccc(Cl)cc3C2(C)C)[n+](CC)c2nc3ccccc3nc21. The van der Waals surface area contributed by atoms with Gasteiger partial charge in [-0.3, -0.25) is 0 Å². The molecule has 3 heterocycles. The van der Waals surface area contributed by atoms with E-state index in [0.29, 0.717) is 0 Å². The molecule has 0 saturated carbocycles. The first kappa shape index (κ1) is 21.7. The number of rotatable bonds is 4. The van der Waals surface area contributed by atoms with E-state index >= 15 is 0 Å². The Kier molecular flexibility index (Phi) is 5.25. The molecule has 0 aliphatic carbocycles. The van der Waals surface area contributed by atoms with Crippen LogP contribution < -0.4 is 9.47 Å². The van der Waals surface area contributed by atoms with Crippen molar-refractivity contribution in [2.75, 3.05) is 11.9 Å². The normalized spacial score (nSPS) is 16.5. The molecule has 1 aliphatic heterocycles. The Labute approximate surface area is 199 Å². The highest BCUT2D eigenvalue weighted by atomic mass is 35.5. The number of anilines is 1. The molecule has 0 bridgehead atoms. The molecule has 0 radical (unpaired) electrons. The van der Waals surface area contributed by atoms with Gasteiger partial charge in [0, 0.05) is 34.9 Å².